The van der Waals surface area contributed by atoms with Crippen molar-refractivity contribution in [2.75, 3.05) is 13.1 Å². The summed E-state index contributed by atoms with van der Waals surface area (Å²) in [5.74, 6) is -5.30. The van der Waals surface area contributed by atoms with Crippen molar-refractivity contribution in [2.45, 2.75) is 95.1 Å². The van der Waals surface area contributed by atoms with E-state index >= 15 is 8.78 Å². The number of piperidine rings is 1. The number of halogens is 3. The van der Waals surface area contributed by atoms with Crippen LogP contribution in [0.4, 0.5) is 13.6 Å². The zero-order chi connectivity index (χ0) is 38.6. The number of amides is 3. The van der Waals surface area contributed by atoms with Crippen molar-refractivity contribution in [3.05, 3.63) is 101 Å². The van der Waals surface area contributed by atoms with Gasteiger partial charge in [0.2, 0.25) is 0 Å². The molecule has 1 aliphatic heterocycles. The smallest absolute Gasteiger partial charge is 0.407 e. The van der Waals surface area contributed by atoms with E-state index in [1.54, 1.807) is 63.2 Å². The summed E-state index contributed by atoms with van der Waals surface area (Å²) in [5, 5.41) is 18.3. The van der Waals surface area contributed by atoms with Gasteiger partial charge in [0.05, 0.1) is 6.10 Å². The SMILES string of the molecule is CC(C)(C)OC(=O)NC1CCN(C(=O)C(NC(=O)C(O)c2ccc3cc(OC4CCCC4)ccc3c2)C(F)(F)c2ccc(-c3ccc(Cl)cc3)cc2)CC1. The number of ether oxygens (including phenoxy) is 2. The molecule has 0 bridgehead atoms. The first-order valence-electron chi connectivity index (χ1n) is 18.4. The third-order valence-corrected chi connectivity index (χ3v) is 10.1. The predicted molar refractivity (Wildman–Crippen MR) is 203 cm³/mol. The van der Waals surface area contributed by atoms with Gasteiger partial charge in [-0.15, -0.1) is 0 Å². The molecule has 9 nitrogen and oxygen atoms in total. The Morgan fingerprint density at radius 2 is 1.43 bits per heavy atom. The molecule has 4 aromatic carbocycles. The minimum absolute atomic E-state index is 0.0525. The topological polar surface area (TPSA) is 117 Å². The molecule has 1 saturated carbocycles. The van der Waals surface area contributed by atoms with Gasteiger partial charge >= 0.3 is 12.0 Å². The van der Waals surface area contributed by atoms with Crippen molar-refractivity contribution in [3.63, 3.8) is 0 Å². The molecule has 3 N–H and O–H groups in total. The third kappa shape index (κ3) is 9.49. The lowest BCUT2D eigenvalue weighted by Gasteiger charge is -2.37. The van der Waals surface area contributed by atoms with E-state index in [0.717, 1.165) is 47.8 Å². The van der Waals surface area contributed by atoms with Crippen molar-refractivity contribution < 1.29 is 37.7 Å². The molecule has 0 aromatic heterocycles. The first-order chi connectivity index (χ1) is 25.7. The van der Waals surface area contributed by atoms with Gasteiger partial charge in [-0.2, -0.15) is 8.78 Å². The number of hydrogen-bond acceptors (Lipinski definition) is 6. The second-order valence-electron chi connectivity index (χ2n) is 15.1. The largest absolute Gasteiger partial charge is 0.490 e. The lowest BCUT2D eigenvalue weighted by atomic mass is 9.95. The zero-order valence-corrected chi connectivity index (χ0v) is 31.4. The Balaban J connectivity index is 1.20. The number of alkyl carbamates (subject to hydrolysis) is 1. The number of hydrogen-bond donors (Lipinski definition) is 3. The fourth-order valence-electron chi connectivity index (χ4n) is 6.96. The van der Waals surface area contributed by atoms with Crippen molar-refractivity contribution in [3.8, 4) is 16.9 Å². The Hall–Kier alpha value is -4.74. The number of aliphatic hydroxyl groups is 1. The summed E-state index contributed by atoms with van der Waals surface area (Å²) >= 11 is 6.01. The van der Waals surface area contributed by atoms with E-state index in [-0.39, 0.29) is 30.8 Å². The number of rotatable bonds is 10. The Kier molecular flexibility index (Phi) is 11.8. The predicted octanol–water partition coefficient (Wildman–Crippen LogP) is 8.31. The van der Waals surface area contributed by atoms with Gasteiger partial charge in [0.1, 0.15) is 11.4 Å². The van der Waals surface area contributed by atoms with Crippen molar-refractivity contribution in [2.24, 2.45) is 0 Å². The van der Waals surface area contributed by atoms with E-state index < -0.39 is 47.1 Å². The van der Waals surface area contributed by atoms with Gasteiger partial charge in [-0.25, -0.2) is 4.79 Å². The minimum atomic E-state index is -3.88. The quantitative estimate of drug-likeness (QED) is 0.150. The molecule has 286 valence electrons. The summed E-state index contributed by atoms with van der Waals surface area (Å²) in [6.45, 7) is 5.33. The number of nitrogens with one attached hydrogen (secondary N) is 2. The van der Waals surface area contributed by atoms with Gasteiger partial charge < -0.3 is 30.1 Å². The van der Waals surface area contributed by atoms with Crippen LogP contribution in [0, 0.1) is 0 Å². The van der Waals surface area contributed by atoms with E-state index in [1.165, 1.54) is 29.2 Å². The van der Waals surface area contributed by atoms with E-state index in [0.29, 0.717) is 23.4 Å². The van der Waals surface area contributed by atoms with Crippen LogP contribution in [0.2, 0.25) is 5.02 Å². The molecule has 0 radical (unpaired) electrons. The second-order valence-corrected chi connectivity index (χ2v) is 15.5. The van der Waals surface area contributed by atoms with Crippen LogP contribution >= 0.6 is 11.6 Å². The highest BCUT2D eigenvalue weighted by Gasteiger charge is 2.49. The zero-order valence-electron chi connectivity index (χ0n) is 30.6. The summed E-state index contributed by atoms with van der Waals surface area (Å²) in [4.78, 5) is 41.2. The molecule has 2 atom stereocenters. The molecular weight excluding hydrogens is 716 g/mol. The van der Waals surface area contributed by atoms with Gasteiger partial charge in [0.25, 0.3) is 11.8 Å². The summed E-state index contributed by atoms with van der Waals surface area (Å²) in [7, 11) is 0. The van der Waals surface area contributed by atoms with Gasteiger partial charge in [0.15, 0.2) is 12.1 Å². The van der Waals surface area contributed by atoms with Gasteiger partial charge in [0, 0.05) is 29.7 Å². The average molecular weight is 762 g/mol. The summed E-state index contributed by atoms with van der Waals surface area (Å²) in [6.07, 6.45) is 2.63. The number of likely N-dealkylation sites (tertiary alicyclic amines) is 1. The molecule has 1 aliphatic carbocycles. The van der Waals surface area contributed by atoms with Crippen LogP contribution in [-0.2, 0) is 20.2 Å². The Labute approximate surface area is 319 Å². The van der Waals surface area contributed by atoms with Crippen LogP contribution < -0.4 is 15.4 Å². The molecule has 1 heterocycles. The average Bonchev–Trinajstić information content (AvgIpc) is 3.66. The molecule has 4 aromatic rings. The van der Waals surface area contributed by atoms with E-state index in [1.807, 2.05) is 18.2 Å². The summed E-state index contributed by atoms with van der Waals surface area (Å²) in [5.41, 5.74) is 0.405. The number of carbonyl (C=O) groups excluding carboxylic acids is 3. The molecule has 6 rings (SSSR count). The Morgan fingerprint density at radius 3 is 2.06 bits per heavy atom. The number of nitrogens with zero attached hydrogens (tertiary/aromatic N) is 1. The van der Waals surface area contributed by atoms with Crippen LogP contribution in [0.5, 0.6) is 5.75 Å². The fourth-order valence-corrected chi connectivity index (χ4v) is 7.09. The number of alkyl halides is 2. The molecule has 0 spiro atoms. The molecular formula is C42H46ClF2N3O6. The van der Waals surface area contributed by atoms with Crippen molar-refractivity contribution in [1.82, 2.24) is 15.5 Å². The monoisotopic (exact) mass is 761 g/mol. The normalized spacial score (nSPS) is 16.8. The molecule has 1 saturated heterocycles. The molecule has 3 amide bonds. The molecule has 2 unspecified atom stereocenters. The van der Waals surface area contributed by atoms with Crippen molar-refractivity contribution >= 4 is 40.3 Å². The van der Waals surface area contributed by atoms with Crippen LogP contribution in [0.15, 0.2) is 84.9 Å². The van der Waals surface area contributed by atoms with Crippen LogP contribution in [0.25, 0.3) is 21.9 Å². The van der Waals surface area contributed by atoms with Gasteiger partial charge in [-0.1, -0.05) is 66.2 Å². The summed E-state index contributed by atoms with van der Waals surface area (Å²) < 4.78 is 44.6. The van der Waals surface area contributed by atoms with E-state index in [9.17, 15) is 19.5 Å². The number of carbonyl (C=O) groups is 3. The standard InChI is InChI=1S/C42H46ClF2N3O6/c1-41(2,3)54-40(52)46-33-20-22-48(23-21-33)39(51)37(42(44,45)31-15-10-26(11-16-31)27-12-17-32(43)18-13-27)47-38(50)36(49)30-9-8-29-25-35(19-14-28(29)24-30)53-34-6-4-5-7-34/h8-19,24-25,33-34,36-37,49H,4-7,20-23H2,1-3H3,(H,46,52)(H,47,50). The Morgan fingerprint density at radius 1 is 0.833 bits per heavy atom. The molecule has 54 heavy (non-hydrogen) atoms. The molecule has 12 heteroatoms. The summed E-state index contributed by atoms with van der Waals surface area (Å²) in [6, 6.07) is 20.2. The van der Waals surface area contributed by atoms with Crippen molar-refractivity contribution in [1.29, 1.82) is 0 Å². The number of fused-ring (bicyclic) bond motifs is 1. The third-order valence-electron chi connectivity index (χ3n) is 9.88. The highest BCUT2D eigenvalue weighted by Crippen LogP contribution is 2.36. The maximum absolute atomic E-state index is 16.6. The highest BCUT2D eigenvalue weighted by molar-refractivity contribution is 6.30. The first-order valence-corrected chi connectivity index (χ1v) is 18.8. The second kappa shape index (κ2) is 16.3. The lowest BCUT2D eigenvalue weighted by molar-refractivity contribution is -0.152. The molecule has 2 fully saturated rings. The van der Waals surface area contributed by atoms with Gasteiger partial charge in [-0.3, -0.25) is 9.59 Å². The van der Waals surface area contributed by atoms with Crippen LogP contribution in [-0.4, -0.2) is 64.8 Å². The van der Waals surface area contributed by atoms with E-state index in [2.05, 4.69) is 10.6 Å². The Bertz CT molecular complexity index is 1950. The lowest BCUT2D eigenvalue weighted by Crippen LogP contribution is -2.59. The molecule has 2 aliphatic rings. The van der Waals surface area contributed by atoms with E-state index in [4.69, 9.17) is 21.1 Å². The van der Waals surface area contributed by atoms with Crippen LogP contribution in [0.3, 0.4) is 0 Å². The highest BCUT2D eigenvalue weighted by atomic mass is 35.5. The minimum Gasteiger partial charge on any atom is -0.490 e. The maximum Gasteiger partial charge on any atom is 0.407 e. The van der Waals surface area contributed by atoms with Crippen LogP contribution in [0.1, 0.15) is 76.5 Å². The number of aliphatic hydroxyl groups excluding tert-OH is 1. The fraction of sp³-hybridized carbons (Fsp3) is 0.405. The number of benzene rings is 4. The van der Waals surface area contributed by atoms with Gasteiger partial charge in [-0.05, 0) is 117 Å². The first kappa shape index (κ1) is 39.0. The maximum atomic E-state index is 16.6.